The van der Waals surface area contributed by atoms with Crippen LogP contribution >= 0.6 is 11.6 Å². The smallest absolute Gasteiger partial charge is 0.331 e. The second kappa shape index (κ2) is 12.7. The van der Waals surface area contributed by atoms with E-state index in [4.69, 9.17) is 21.6 Å². The van der Waals surface area contributed by atoms with Crippen molar-refractivity contribution in [3.63, 3.8) is 0 Å². The van der Waals surface area contributed by atoms with Crippen molar-refractivity contribution in [3.05, 3.63) is 28.3 Å². The molecule has 0 aromatic carbocycles. The Bertz CT molecular complexity index is 1130. The van der Waals surface area contributed by atoms with Crippen molar-refractivity contribution in [1.82, 2.24) is 20.4 Å². The summed E-state index contributed by atoms with van der Waals surface area (Å²) in [6.07, 6.45) is 7.93. The molecule has 38 heavy (non-hydrogen) atoms. The quantitative estimate of drug-likeness (QED) is 0.255. The highest BCUT2D eigenvalue weighted by molar-refractivity contribution is 6.38. The Morgan fingerprint density at radius 1 is 1.29 bits per heavy atom. The zero-order chi connectivity index (χ0) is 27.1. The molecule has 4 atom stereocenters. The van der Waals surface area contributed by atoms with Crippen LogP contribution in [-0.4, -0.2) is 83.3 Å². The predicted molar refractivity (Wildman–Crippen MR) is 138 cm³/mol. The Morgan fingerprint density at radius 2 is 2.13 bits per heavy atom. The van der Waals surface area contributed by atoms with E-state index in [1.165, 1.54) is 11.1 Å². The van der Waals surface area contributed by atoms with Crippen LogP contribution in [0.15, 0.2) is 38.6 Å². The van der Waals surface area contributed by atoms with Crippen LogP contribution < -0.4 is 10.6 Å². The van der Waals surface area contributed by atoms with E-state index in [0.717, 1.165) is 29.0 Å². The van der Waals surface area contributed by atoms with Gasteiger partial charge in [-0.2, -0.15) is 5.26 Å². The van der Waals surface area contributed by atoms with Gasteiger partial charge in [0.1, 0.15) is 6.07 Å². The van der Waals surface area contributed by atoms with Crippen molar-refractivity contribution in [2.45, 2.75) is 68.9 Å². The molecule has 2 heterocycles. The molecule has 4 aliphatic rings. The molecule has 4 unspecified atom stereocenters. The van der Waals surface area contributed by atoms with Crippen LogP contribution in [0.4, 0.5) is 9.59 Å². The number of imide groups is 1. The number of hydrogen-bond donors (Lipinski definition) is 2. The van der Waals surface area contributed by atoms with Crippen LogP contribution in [0.5, 0.6) is 0 Å². The highest BCUT2D eigenvalue weighted by atomic mass is 35.5. The largest absolute Gasteiger partial charge is 0.352 e. The molecule has 4 rings (SSSR count). The summed E-state index contributed by atoms with van der Waals surface area (Å²) >= 11 is 6.21. The normalized spacial score (nSPS) is 27.5. The second-order valence-corrected chi connectivity index (χ2v) is 9.98. The van der Waals surface area contributed by atoms with Gasteiger partial charge in [0.15, 0.2) is 18.2 Å². The number of hydrogen-bond acceptors (Lipinski definition) is 9. The summed E-state index contributed by atoms with van der Waals surface area (Å²) in [7, 11) is 0. The number of amides is 5. The van der Waals surface area contributed by atoms with E-state index >= 15 is 0 Å². The van der Waals surface area contributed by atoms with Crippen LogP contribution in [-0.2, 0) is 9.53 Å². The summed E-state index contributed by atoms with van der Waals surface area (Å²) in [4.78, 5) is 58.7. The number of urea groups is 2. The van der Waals surface area contributed by atoms with Crippen LogP contribution in [0.2, 0.25) is 0 Å². The van der Waals surface area contributed by atoms with E-state index in [1.807, 2.05) is 18.2 Å². The highest BCUT2D eigenvalue weighted by Crippen LogP contribution is 2.26. The molecule has 1 saturated heterocycles. The number of ether oxygens (including phenoxy) is 1. The summed E-state index contributed by atoms with van der Waals surface area (Å²) in [5.41, 5.74) is 2.17. The summed E-state index contributed by atoms with van der Waals surface area (Å²) in [5.74, 6) is -0.930. The van der Waals surface area contributed by atoms with Gasteiger partial charge >= 0.3 is 12.1 Å². The van der Waals surface area contributed by atoms with Gasteiger partial charge in [-0.3, -0.25) is 25.0 Å². The lowest BCUT2D eigenvalue weighted by molar-refractivity contribution is -0.118. The summed E-state index contributed by atoms with van der Waals surface area (Å²) in [6.45, 7) is 0.342. The molecule has 2 N–H and O–H groups in total. The predicted octanol–water partition coefficient (Wildman–Crippen LogP) is 2.54. The molecule has 202 valence electrons. The average molecular weight is 545 g/mol. The number of nitriles is 1. The molecule has 0 aromatic heterocycles. The molecular formula is C24H29ClN8O5. The molecule has 0 saturated carbocycles. The number of allylic oxidation sites excluding steroid dienone is 2. The summed E-state index contributed by atoms with van der Waals surface area (Å²) in [5, 5.41) is 17.3. The molecule has 2 aliphatic heterocycles. The molecule has 2 aliphatic carbocycles. The summed E-state index contributed by atoms with van der Waals surface area (Å²) < 4.78 is 5.99. The summed E-state index contributed by atoms with van der Waals surface area (Å²) in [6, 6.07) is 0.726. The highest BCUT2D eigenvalue weighted by Gasteiger charge is 2.39. The third kappa shape index (κ3) is 7.02. The molecule has 5 amide bonds. The number of rotatable bonds is 9. The Morgan fingerprint density at radius 3 is 2.76 bits per heavy atom. The van der Waals surface area contributed by atoms with Gasteiger partial charge in [0, 0.05) is 29.3 Å². The van der Waals surface area contributed by atoms with Crippen molar-refractivity contribution in [2.75, 3.05) is 19.6 Å². The second-order valence-electron chi connectivity index (χ2n) is 9.36. The van der Waals surface area contributed by atoms with Gasteiger partial charge in [-0.05, 0) is 38.5 Å². The number of carbonyl (C=O) groups excluding carboxylic acids is 3. The monoisotopic (exact) mass is 544 g/mol. The van der Waals surface area contributed by atoms with E-state index in [9.17, 15) is 19.3 Å². The number of halogens is 1. The number of nitrogens with zero attached hydrogens (tertiary/aromatic N) is 6. The van der Waals surface area contributed by atoms with Crippen molar-refractivity contribution in [2.24, 2.45) is 15.2 Å². The first-order valence-electron chi connectivity index (χ1n) is 12.5. The third-order valence-corrected chi connectivity index (χ3v) is 7.09. The number of nitroso groups, excluding NO2 is 1. The van der Waals surface area contributed by atoms with Gasteiger partial charge in [-0.25, -0.2) is 14.5 Å². The fourth-order valence-electron chi connectivity index (χ4n) is 4.59. The first-order chi connectivity index (χ1) is 18.4. The molecule has 0 bridgehead atoms. The van der Waals surface area contributed by atoms with Crippen LogP contribution in [0.1, 0.15) is 44.9 Å². The van der Waals surface area contributed by atoms with Gasteiger partial charge in [0.25, 0.3) is 5.91 Å². The SMILES string of the molecule is N#CC1=NCC(OC2CC=C(NC3NC(=O)N(CCC(=O)N=O)C(=O)N3CC3=CCC(Cl)CC3)CC2)N=C1. The van der Waals surface area contributed by atoms with E-state index in [-0.39, 0.29) is 36.7 Å². The maximum Gasteiger partial charge on any atom is 0.331 e. The Balaban J connectivity index is 1.40. The molecular weight excluding hydrogens is 516 g/mol. The minimum atomic E-state index is -0.930. The first kappa shape index (κ1) is 27.4. The average Bonchev–Trinajstić information content (AvgIpc) is 2.93. The Labute approximate surface area is 224 Å². The number of aliphatic imine (C=N–C) groups is 2. The lowest BCUT2D eigenvalue weighted by atomic mass is 9.98. The lowest BCUT2D eigenvalue weighted by Gasteiger charge is -2.42. The minimum absolute atomic E-state index is 0.0600. The van der Waals surface area contributed by atoms with E-state index < -0.39 is 30.5 Å². The molecule has 1 fully saturated rings. The van der Waals surface area contributed by atoms with Crippen LogP contribution in [0.25, 0.3) is 0 Å². The minimum Gasteiger partial charge on any atom is -0.352 e. The molecule has 14 heteroatoms. The van der Waals surface area contributed by atoms with Crippen molar-refractivity contribution >= 4 is 41.5 Å². The third-order valence-electron chi connectivity index (χ3n) is 6.69. The first-order valence-corrected chi connectivity index (χ1v) is 13.0. The zero-order valence-corrected chi connectivity index (χ0v) is 21.5. The van der Waals surface area contributed by atoms with E-state index in [0.29, 0.717) is 32.2 Å². The fourth-order valence-corrected chi connectivity index (χ4v) is 4.79. The van der Waals surface area contributed by atoms with Gasteiger partial charge in [0.2, 0.25) is 0 Å². The van der Waals surface area contributed by atoms with Crippen molar-refractivity contribution < 1.29 is 19.1 Å². The van der Waals surface area contributed by atoms with Gasteiger partial charge in [-0.1, -0.05) is 17.7 Å². The molecule has 0 spiro atoms. The number of nitrogens with one attached hydrogen (secondary N) is 2. The standard InChI is InChI=1S/C24H29ClN8O5/c25-16-3-1-15(2-4-16)14-33-22(30-23(35)32(24(33)36)10-9-20(34)31-37)29-17-5-7-19(8-6-17)38-21-13-27-18(11-26)12-28-21/h1,5,12,16,19,21-22,29H,2-4,6-10,13-14H2,(H,30,35). The van der Waals surface area contributed by atoms with Crippen molar-refractivity contribution in [1.29, 1.82) is 5.26 Å². The molecule has 0 aromatic rings. The Hall–Kier alpha value is -3.63. The maximum atomic E-state index is 13.3. The van der Waals surface area contributed by atoms with Gasteiger partial charge in [0.05, 0.1) is 25.3 Å². The lowest BCUT2D eigenvalue weighted by Crippen LogP contribution is -2.69. The zero-order valence-electron chi connectivity index (χ0n) is 20.7. The maximum absolute atomic E-state index is 13.3. The topological polar surface area (TPSA) is 169 Å². The molecule has 0 radical (unpaired) electrons. The molecule has 13 nitrogen and oxygen atoms in total. The van der Waals surface area contributed by atoms with Gasteiger partial charge < -0.3 is 10.1 Å². The Kier molecular flexibility index (Phi) is 9.19. The number of carbonyl (C=O) groups is 3. The van der Waals surface area contributed by atoms with E-state index in [2.05, 4.69) is 25.8 Å². The fraction of sp³-hybridized carbons (Fsp3) is 0.583. The van der Waals surface area contributed by atoms with E-state index in [1.54, 1.807) is 0 Å². The van der Waals surface area contributed by atoms with Gasteiger partial charge in [-0.15, -0.1) is 16.5 Å². The van der Waals surface area contributed by atoms with Crippen molar-refractivity contribution in [3.8, 4) is 6.07 Å². The number of alkyl halides is 1. The van der Waals surface area contributed by atoms with Crippen LogP contribution in [0.3, 0.4) is 0 Å². The van der Waals surface area contributed by atoms with Crippen LogP contribution in [0, 0.1) is 16.2 Å².